The Kier molecular flexibility index (Phi) is 4.09. The van der Waals surface area contributed by atoms with Gasteiger partial charge in [-0.25, -0.2) is 4.39 Å². The number of rotatable bonds is 4. The molecule has 126 valence electrons. The van der Waals surface area contributed by atoms with E-state index < -0.39 is 5.82 Å². The topological polar surface area (TPSA) is 75.6 Å². The summed E-state index contributed by atoms with van der Waals surface area (Å²) in [5.41, 5.74) is 3.59. The highest BCUT2D eigenvalue weighted by molar-refractivity contribution is 6.00. The molecule has 0 radical (unpaired) electrons. The first-order valence-corrected chi connectivity index (χ1v) is 7.81. The molecule has 3 rings (SSSR count). The zero-order valence-corrected chi connectivity index (χ0v) is 14.1. The molecule has 3 aromatic rings. The molecular formula is C17H20FN5O. The summed E-state index contributed by atoms with van der Waals surface area (Å²) in [6.45, 7) is 5.76. The predicted molar refractivity (Wildman–Crippen MR) is 90.2 cm³/mol. The summed E-state index contributed by atoms with van der Waals surface area (Å²) in [5, 5.41) is 14.1. The van der Waals surface area contributed by atoms with Crippen molar-refractivity contribution < 1.29 is 9.18 Å². The van der Waals surface area contributed by atoms with Crippen LogP contribution in [-0.2, 0) is 18.3 Å². The van der Waals surface area contributed by atoms with Gasteiger partial charge in [0.15, 0.2) is 5.82 Å². The summed E-state index contributed by atoms with van der Waals surface area (Å²) in [5.74, 6) is -0.679. The summed E-state index contributed by atoms with van der Waals surface area (Å²) in [6, 6.07) is 4.66. The molecule has 7 heteroatoms. The Labute approximate surface area is 139 Å². The number of halogens is 1. The fourth-order valence-electron chi connectivity index (χ4n) is 2.87. The molecule has 1 aromatic carbocycles. The minimum absolute atomic E-state index is 0.200. The van der Waals surface area contributed by atoms with Crippen LogP contribution in [0, 0.1) is 25.6 Å². The molecule has 2 heterocycles. The maximum absolute atomic E-state index is 14.0. The zero-order chi connectivity index (χ0) is 17.4. The number of amides is 1. The average Bonchev–Trinajstić information content (AvgIpc) is 3.04. The number of H-pyrrole nitrogens is 1. The monoisotopic (exact) mass is 329 g/mol. The van der Waals surface area contributed by atoms with Crippen LogP contribution in [0.2, 0.25) is 0 Å². The highest BCUT2D eigenvalue weighted by Crippen LogP contribution is 2.24. The summed E-state index contributed by atoms with van der Waals surface area (Å²) in [4.78, 5) is 12.5. The third kappa shape index (κ3) is 2.77. The zero-order valence-electron chi connectivity index (χ0n) is 14.1. The van der Waals surface area contributed by atoms with Gasteiger partial charge >= 0.3 is 0 Å². The molecule has 0 aliphatic heterocycles. The number of hydrogen-bond donors (Lipinski definition) is 2. The first-order chi connectivity index (χ1) is 11.4. The van der Waals surface area contributed by atoms with E-state index in [1.165, 1.54) is 6.07 Å². The van der Waals surface area contributed by atoms with Crippen molar-refractivity contribution in [1.82, 2.24) is 20.0 Å². The molecule has 1 amide bonds. The van der Waals surface area contributed by atoms with Gasteiger partial charge in [0, 0.05) is 18.7 Å². The Morgan fingerprint density at radius 2 is 2.17 bits per heavy atom. The molecule has 1 atom stereocenters. The van der Waals surface area contributed by atoms with E-state index in [1.54, 1.807) is 12.1 Å². The van der Waals surface area contributed by atoms with Crippen LogP contribution in [0.5, 0.6) is 0 Å². The summed E-state index contributed by atoms with van der Waals surface area (Å²) in [6.07, 6.45) is 0.572. The smallest absolute Gasteiger partial charge is 0.228 e. The number of nitrogens with one attached hydrogen (secondary N) is 2. The molecule has 0 aliphatic rings. The van der Waals surface area contributed by atoms with Crippen molar-refractivity contribution in [3.05, 3.63) is 41.0 Å². The normalized spacial score (nSPS) is 12.5. The highest BCUT2D eigenvalue weighted by atomic mass is 19.1. The molecular weight excluding hydrogens is 309 g/mol. The summed E-state index contributed by atoms with van der Waals surface area (Å²) >= 11 is 0. The Morgan fingerprint density at radius 1 is 1.42 bits per heavy atom. The van der Waals surface area contributed by atoms with Crippen LogP contribution in [0.1, 0.15) is 23.9 Å². The van der Waals surface area contributed by atoms with Crippen LogP contribution in [0.4, 0.5) is 10.2 Å². The van der Waals surface area contributed by atoms with Crippen molar-refractivity contribution in [2.75, 3.05) is 5.32 Å². The SMILES string of the molecule is Cc1nn(C)c(C)c1CC(C)C(=O)Nc1n[nH]c2cccc(F)c12. The first kappa shape index (κ1) is 16.2. The quantitative estimate of drug-likeness (QED) is 0.773. The fourth-order valence-corrected chi connectivity index (χ4v) is 2.87. The van der Waals surface area contributed by atoms with Gasteiger partial charge in [0.2, 0.25) is 5.91 Å². The van der Waals surface area contributed by atoms with Crippen molar-refractivity contribution in [3.63, 3.8) is 0 Å². The first-order valence-electron chi connectivity index (χ1n) is 7.81. The number of carbonyl (C=O) groups is 1. The Hall–Kier alpha value is -2.70. The third-order valence-electron chi connectivity index (χ3n) is 4.40. The number of benzene rings is 1. The summed E-state index contributed by atoms with van der Waals surface area (Å²) < 4.78 is 15.8. The van der Waals surface area contributed by atoms with Crippen LogP contribution >= 0.6 is 0 Å². The maximum atomic E-state index is 14.0. The number of aryl methyl sites for hydroxylation is 2. The van der Waals surface area contributed by atoms with Gasteiger partial charge in [-0.15, -0.1) is 0 Å². The van der Waals surface area contributed by atoms with Crippen molar-refractivity contribution in [2.24, 2.45) is 13.0 Å². The van der Waals surface area contributed by atoms with E-state index in [4.69, 9.17) is 0 Å². The second-order valence-electron chi connectivity index (χ2n) is 6.10. The van der Waals surface area contributed by atoms with Crippen LogP contribution in [-0.4, -0.2) is 25.9 Å². The number of anilines is 1. The molecule has 0 aliphatic carbocycles. The molecule has 0 spiro atoms. The minimum Gasteiger partial charge on any atom is -0.308 e. The maximum Gasteiger partial charge on any atom is 0.228 e. The fraction of sp³-hybridized carbons (Fsp3) is 0.353. The van der Waals surface area contributed by atoms with Crippen molar-refractivity contribution in [3.8, 4) is 0 Å². The predicted octanol–water partition coefficient (Wildman–Crippen LogP) is 2.87. The molecule has 0 bridgehead atoms. The van der Waals surface area contributed by atoms with Crippen LogP contribution < -0.4 is 5.32 Å². The van der Waals surface area contributed by atoms with Gasteiger partial charge in [-0.2, -0.15) is 10.2 Å². The summed E-state index contributed by atoms with van der Waals surface area (Å²) in [7, 11) is 1.88. The second kappa shape index (κ2) is 6.07. The highest BCUT2D eigenvalue weighted by Gasteiger charge is 2.20. The number of aromatic nitrogens is 4. The van der Waals surface area contributed by atoms with E-state index in [0.29, 0.717) is 17.3 Å². The second-order valence-corrected chi connectivity index (χ2v) is 6.10. The van der Waals surface area contributed by atoms with E-state index in [-0.39, 0.29) is 17.6 Å². The number of fused-ring (bicyclic) bond motifs is 1. The lowest BCUT2D eigenvalue weighted by Crippen LogP contribution is -2.23. The van der Waals surface area contributed by atoms with Gasteiger partial charge in [0.05, 0.1) is 16.6 Å². The molecule has 1 unspecified atom stereocenters. The number of carbonyl (C=O) groups excluding carboxylic acids is 1. The molecule has 0 saturated heterocycles. The standard InChI is InChI=1S/C17H20FN5O/c1-9(8-12-10(2)22-23(4)11(12)3)17(24)19-16-15-13(18)6-5-7-14(15)20-21-16/h5-7,9H,8H2,1-4H3,(H2,19,20,21,24). The molecule has 0 fully saturated rings. The molecule has 6 nitrogen and oxygen atoms in total. The largest absolute Gasteiger partial charge is 0.308 e. The Balaban J connectivity index is 1.79. The number of nitrogens with zero attached hydrogens (tertiary/aromatic N) is 3. The van der Waals surface area contributed by atoms with E-state index in [1.807, 2.05) is 32.5 Å². The molecule has 2 aromatic heterocycles. The Bertz CT molecular complexity index is 911. The van der Waals surface area contributed by atoms with Crippen LogP contribution in [0.25, 0.3) is 10.9 Å². The lowest BCUT2D eigenvalue weighted by atomic mass is 9.99. The van der Waals surface area contributed by atoms with Gasteiger partial charge in [0.1, 0.15) is 5.82 Å². The minimum atomic E-state index is -0.414. The average molecular weight is 329 g/mol. The van der Waals surface area contributed by atoms with E-state index in [9.17, 15) is 9.18 Å². The number of hydrogen-bond acceptors (Lipinski definition) is 3. The van der Waals surface area contributed by atoms with Gasteiger partial charge in [-0.3, -0.25) is 14.6 Å². The van der Waals surface area contributed by atoms with Gasteiger partial charge in [-0.1, -0.05) is 13.0 Å². The van der Waals surface area contributed by atoms with Crippen LogP contribution in [0.15, 0.2) is 18.2 Å². The van der Waals surface area contributed by atoms with Crippen molar-refractivity contribution in [2.45, 2.75) is 27.2 Å². The lowest BCUT2D eigenvalue weighted by Gasteiger charge is -2.11. The van der Waals surface area contributed by atoms with Gasteiger partial charge in [-0.05, 0) is 38.0 Å². The van der Waals surface area contributed by atoms with Crippen molar-refractivity contribution in [1.29, 1.82) is 0 Å². The van der Waals surface area contributed by atoms with E-state index in [0.717, 1.165) is 17.0 Å². The molecule has 2 N–H and O–H groups in total. The van der Waals surface area contributed by atoms with Crippen molar-refractivity contribution >= 4 is 22.6 Å². The van der Waals surface area contributed by atoms with Gasteiger partial charge < -0.3 is 5.32 Å². The van der Waals surface area contributed by atoms with E-state index >= 15 is 0 Å². The Morgan fingerprint density at radius 3 is 2.83 bits per heavy atom. The third-order valence-corrected chi connectivity index (χ3v) is 4.40. The van der Waals surface area contributed by atoms with Gasteiger partial charge in [0.25, 0.3) is 0 Å². The molecule has 0 saturated carbocycles. The number of aromatic amines is 1. The lowest BCUT2D eigenvalue weighted by molar-refractivity contribution is -0.119. The van der Waals surface area contributed by atoms with E-state index in [2.05, 4.69) is 20.6 Å². The van der Waals surface area contributed by atoms with Crippen LogP contribution in [0.3, 0.4) is 0 Å². The molecule has 24 heavy (non-hydrogen) atoms.